The molecule has 0 saturated carbocycles. The van der Waals surface area contributed by atoms with Crippen LogP contribution in [0.2, 0.25) is 0 Å². The molecule has 0 amide bonds. The average molecular weight is 268 g/mol. The summed E-state index contributed by atoms with van der Waals surface area (Å²) in [5.74, 6) is 2.06. The lowest BCUT2D eigenvalue weighted by Crippen LogP contribution is -2.20. The molecular formula is C11H16N4S2. The number of thiocarbonyl (C=S) groups is 1. The van der Waals surface area contributed by atoms with Gasteiger partial charge in [0.25, 0.3) is 0 Å². The van der Waals surface area contributed by atoms with Gasteiger partial charge in [-0.15, -0.1) is 0 Å². The number of hydrogen-bond acceptors (Lipinski definition) is 5. The van der Waals surface area contributed by atoms with Crippen molar-refractivity contribution in [2.24, 2.45) is 5.73 Å². The minimum atomic E-state index is 0.284. The zero-order valence-electron chi connectivity index (χ0n) is 9.56. The topological polar surface area (TPSA) is 63.8 Å². The van der Waals surface area contributed by atoms with Gasteiger partial charge in [-0.25, -0.2) is 9.97 Å². The largest absolute Gasteiger partial charge is 0.388 e. The van der Waals surface area contributed by atoms with Crippen LogP contribution in [0.15, 0.2) is 12.4 Å². The predicted octanol–water partition coefficient (Wildman–Crippen LogP) is 1.81. The van der Waals surface area contributed by atoms with Crippen molar-refractivity contribution < 1.29 is 0 Å². The van der Waals surface area contributed by atoms with Crippen LogP contribution in [0.25, 0.3) is 0 Å². The summed E-state index contributed by atoms with van der Waals surface area (Å²) in [6, 6.07) is 0. The summed E-state index contributed by atoms with van der Waals surface area (Å²) in [6.07, 6.45) is 7.27. The Bertz CT molecular complexity index is 374. The van der Waals surface area contributed by atoms with Crippen LogP contribution in [0.5, 0.6) is 0 Å². The number of aromatic nitrogens is 2. The van der Waals surface area contributed by atoms with Gasteiger partial charge in [-0.1, -0.05) is 18.6 Å². The fraction of sp³-hybridized carbons (Fsp3) is 0.545. The van der Waals surface area contributed by atoms with Gasteiger partial charge >= 0.3 is 0 Å². The summed E-state index contributed by atoms with van der Waals surface area (Å²) >= 11 is 6.86. The molecule has 0 aliphatic carbocycles. The Kier molecular flexibility index (Phi) is 4.56. The molecule has 1 aromatic rings. The molecule has 1 saturated heterocycles. The van der Waals surface area contributed by atoms with Crippen molar-refractivity contribution in [1.82, 2.24) is 9.97 Å². The summed E-state index contributed by atoms with van der Waals surface area (Å²) in [5.41, 5.74) is 6.03. The molecule has 4 nitrogen and oxygen atoms in total. The third kappa shape index (κ3) is 3.81. The highest BCUT2D eigenvalue weighted by Gasteiger charge is 2.13. The van der Waals surface area contributed by atoms with Gasteiger partial charge in [-0.05, 0) is 18.6 Å². The molecule has 0 aromatic carbocycles. The number of hydrogen-bond donors (Lipinski definition) is 2. The van der Waals surface area contributed by atoms with E-state index in [4.69, 9.17) is 18.0 Å². The average Bonchev–Trinajstić information content (AvgIpc) is 2.38. The second-order valence-corrected chi connectivity index (χ2v) is 5.87. The summed E-state index contributed by atoms with van der Waals surface area (Å²) < 4.78 is 0. The number of nitrogens with zero attached hydrogens (tertiary/aromatic N) is 2. The van der Waals surface area contributed by atoms with Gasteiger partial charge in [-0.3, -0.25) is 0 Å². The Balaban J connectivity index is 1.84. The van der Waals surface area contributed by atoms with E-state index in [-0.39, 0.29) is 4.99 Å². The van der Waals surface area contributed by atoms with Gasteiger partial charge in [-0.2, -0.15) is 11.8 Å². The Labute approximate surface area is 111 Å². The van der Waals surface area contributed by atoms with Crippen molar-refractivity contribution >= 4 is 34.8 Å². The van der Waals surface area contributed by atoms with Crippen LogP contribution in [0.1, 0.15) is 25.0 Å². The monoisotopic (exact) mass is 268 g/mol. The van der Waals surface area contributed by atoms with E-state index in [1.54, 1.807) is 12.4 Å². The van der Waals surface area contributed by atoms with Crippen LogP contribution in [0.3, 0.4) is 0 Å². The first-order valence-electron chi connectivity index (χ1n) is 5.73. The first-order valence-corrected chi connectivity index (χ1v) is 7.19. The molecule has 1 atom stereocenters. The van der Waals surface area contributed by atoms with Crippen LogP contribution < -0.4 is 11.1 Å². The SMILES string of the molecule is NC(=S)c1cnc(NCC2CCCCS2)cn1. The maximum absolute atomic E-state index is 5.46. The number of rotatable bonds is 4. The van der Waals surface area contributed by atoms with E-state index in [1.165, 1.54) is 25.0 Å². The summed E-state index contributed by atoms with van der Waals surface area (Å²) in [7, 11) is 0. The first kappa shape index (κ1) is 12.6. The number of nitrogens with two attached hydrogens (primary N) is 1. The fourth-order valence-corrected chi connectivity index (χ4v) is 3.08. The normalized spacial score (nSPS) is 19.9. The maximum atomic E-state index is 5.46. The second kappa shape index (κ2) is 6.16. The van der Waals surface area contributed by atoms with E-state index >= 15 is 0 Å². The van der Waals surface area contributed by atoms with Gasteiger partial charge in [0.1, 0.15) is 16.5 Å². The van der Waals surface area contributed by atoms with E-state index < -0.39 is 0 Å². The van der Waals surface area contributed by atoms with E-state index in [2.05, 4.69) is 15.3 Å². The maximum Gasteiger partial charge on any atom is 0.144 e. The zero-order valence-corrected chi connectivity index (χ0v) is 11.2. The molecule has 92 valence electrons. The van der Waals surface area contributed by atoms with E-state index in [0.717, 1.165) is 12.4 Å². The summed E-state index contributed by atoms with van der Waals surface area (Å²) in [5, 5.41) is 4.00. The summed E-state index contributed by atoms with van der Waals surface area (Å²) in [4.78, 5) is 8.66. The zero-order chi connectivity index (χ0) is 12.1. The Morgan fingerprint density at radius 2 is 2.35 bits per heavy atom. The Hall–Kier alpha value is -0.880. The van der Waals surface area contributed by atoms with Crippen molar-refractivity contribution in [2.45, 2.75) is 24.5 Å². The van der Waals surface area contributed by atoms with Crippen LogP contribution in [-0.4, -0.2) is 32.5 Å². The van der Waals surface area contributed by atoms with Crippen LogP contribution in [-0.2, 0) is 0 Å². The van der Waals surface area contributed by atoms with Crippen molar-refractivity contribution in [3.05, 3.63) is 18.1 Å². The smallest absolute Gasteiger partial charge is 0.144 e. The highest BCUT2D eigenvalue weighted by molar-refractivity contribution is 7.99. The van der Waals surface area contributed by atoms with Gasteiger partial charge in [0.15, 0.2) is 0 Å². The minimum Gasteiger partial charge on any atom is -0.388 e. The van der Waals surface area contributed by atoms with Gasteiger partial charge in [0, 0.05) is 11.8 Å². The Morgan fingerprint density at radius 1 is 1.47 bits per heavy atom. The van der Waals surface area contributed by atoms with E-state index in [9.17, 15) is 0 Å². The standard InChI is InChI=1S/C11H16N4S2/c12-11(16)9-6-15-10(7-13-9)14-5-8-3-1-2-4-17-8/h6-8H,1-5H2,(H2,12,16)(H,14,15). The number of nitrogens with one attached hydrogen (secondary N) is 1. The lowest BCUT2D eigenvalue weighted by atomic mass is 10.2. The molecule has 1 aliphatic rings. The quantitative estimate of drug-likeness (QED) is 0.812. The molecule has 1 unspecified atom stereocenters. The van der Waals surface area contributed by atoms with Crippen molar-refractivity contribution in [1.29, 1.82) is 0 Å². The van der Waals surface area contributed by atoms with Crippen molar-refractivity contribution in [2.75, 3.05) is 17.6 Å². The second-order valence-electron chi connectivity index (χ2n) is 4.02. The molecule has 0 spiro atoms. The molecule has 17 heavy (non-hydrogen) atoms. The molecule has 1 aromatic heterocycles. The highest BCUT2D eigenvalue weighted by atomic mass is 32.2. The van der Waals surface area contributed by atoms with E-state index in [1.807, 2.05) is 11.8 Å². The van der Waals surface area contributed by atoms with Crippen molar-refractivity contribution in [3.63, 3.8) is 0 Å². The van der Waals surface area contributed by atoms with Crippen molar-refractivity contribution in [3.8, 4) is 0 Å². The molecule has 1 aliphatic heterocycles. The lowest BCUT2D eigenvalue weighted by Gasteiger charge is -2.21. The minimum absolute atomic E-state index is 0.284. The fourth-order valence-electron chi connectivity index (χ4n) is 1.73. The predicted molar refractivity (Wildman–Crippen MR) is 76.5 cm³/mol. The molecule has 0 bridgehead atoms. The molecular weight excluding hydrogens is 252 g/mol. The summed E-state index contributed by atoms with van der Waals surface area (Å²) in [6.45, 7) is 0.950. The van der Waals surface area contributed by atoms with E-state index in [0.29, 0.717) is 10.9 Å². The third-order valence-corrected chi connectivity index (χ3v) is 4.30. The van der Waals surface area contributed by atoms with Crippen LogP contribution >= 0.6 is 24.0 Å². The highest BCUT2D eigenvalue weighted by Crippen LogP contribution is 2.24. The lowest BCUT2D eigenvalue weighted by molar-refractivity contribution is 0.677. The molecule has 3 N–H and O–H groups in total. The number of anilines is 1. The van der Waals surface area contributed by atoms with Crippen LogP contribution in [0, 0.1) is 0 Å². The van der Waals surface area contributed by atoms with Gasteiger partial charge in [0.2, 0.25) is 0 Å². The molecule has 0 radical (unpaired) electrons. The molecule has 2 rings (SSSR count). The molecule has 1 fully saturated rings. The third-order valence-electron chi connectivity index (χ3n) is 2.69. The van der Waals surface area contributed by atoms with Gasteiger partial charge < -0.3 is 11.1 Å². The molecule has 6 heteroatoms. The number of thioether (sulfide) groups is 1. The Morgan fingerprint density at radius 3 is 2.94 bits per heavy atom. The van der Waals surface area contributed by atoms with Crippen LogP contribution in [0.4, 0.5) is 5.82 Å². The molecule has 2 heterocycles. The van der Waals surface area contributed by atoms with Gasteiger partial charge in [0.05, 0.1) is 12.4 Å². The first-order chi connectivity index (χ1) is 8.25.